The van der Waals surface area contributed by atoms with Gasteiger partial charge in [-0.05, 0) is 31.4 Å². The molecule has 3 rings (SSSR count). The molecule has 1 saturated carbocycles. The van der Waals surface area contributed by atoms with Crippen LogP contribution in [0.3, 0.4) is 0 Å². The maximum atomic E-state index is 12.1. The minimum absolute atomic E-state index is 0.205. The number of hydrogen-bond donors (Lipinski definition) is 2. The maximum absolute atomic E-state index is 12.1. The standard InChI is InChI=1S/C13H20N4O/c1-17-10(5-7-16-17)4-6-14-13(18)12-9-2-3-11(12)15-8-9/h5,7,9,11-12,15H,2-4,6,8H2,1H3,(H,14,18)/t9-,11-,12+/m0/s1. The summed E-state index contributed by atoms with van der Waals surface area (Å²) < 4.78 is 1.85. The second kappa shape index (κ2) is 4.72. The summed E-state index contributed by atoms with van der Waals surface area (Å²) in [6.07, 6.45) is 5.00. The Morgan fingerprint density at radius 3 is 3.06 bits per heavy atom. The van der Waals surface area contributed by atoms with Gasteiger partial charge in [0.2, 0.25) is 5.91 Å². The third kappa shape index (κ3) is 2.03. The van der Waals surface area contributed by atoms with Crippen molar-refractivity contribution in [3.8, 4) is 0 Å². The monoisotopic (exact) mass is 248 g/mol. The van der Waals surface area contributed by atoms with Gasteiger partial charge in [0.1, 0.15) is 0 Å². The van der Waals surface area contributed by atoms with Crippen molar-refractivity contribution in [2.75, 3.05) is 13.1 Å². The lowest BCUT2D eigenvalue weighted by molar-refractivity contribution is -0.125. The van der Waals surface area contributed by atoms with Gasteiger partial charge in [-0.2, -0.15) is 5.10 Å². The van der Waals surface area contributed by atoms with Crippen LogP contribution in [-0.2, 0) is 18.3 Å². The van der Waals surface area contributed by atoms with E-state index in [9.17, 15) is 4.79 Å². The SMILES string of the molecule is Cn1nccc1CCNC(=O)[C@@H]1[C@H]2CC[C@@H]1NC2. The predicted octanol–water partition coefficient (Wildman–Crippen LogP) is 0.0768. The molecule has 18 heavy (non-hydrogen) atoms. The summed E-state index contributed by atoms with van der Waals surface area (Å²) in [5.74, 6) is 0.998. The number of aromatic nitrogens is 2. The molecular weight excluding hydrogens is 228 g/mol. The zero-order chi connectivity index (χ0) is 12.5. The highest BCUT2D eigenvalue weighted by molar-refractivity contribution is 5.80. The molecule has 1 aliphatic heterocycles. The van der Waals surface area contributed by atoms with E-state index < -0.39 is 0 Å². The third-order valence-electron chi connectivity index (χ3n) is 4.34. The Kier molecular flexibility index (Phi) is 3.07. The van der Waals surface area contributed by atoms with Crippen LogP contribution in [0.4, 0.5) is 0 Å². The van der Waals surface area contributed by atoms with Crippen LogP contribution in [0.15, 0.2) is 12.3 Å². The molecule has 0 spiro atoms. The van der Waals surface area contributed by atoms with Crippen LogP contribution in [0.1, 0.15) is 18.5 Å². The quantitative estimate of drug-likeness (QED) is 0.793. The van der Waals surface area contributed by atoms with Crippen LogP contribution in [0.5, 0.6) is 0 Å². The van der Waals surface area contributed by atoms with Crippen molar-refractivity contribution in [1.82, 2.24) is 20.4 Å². The van der Waals surface area contributed by atoms with E-state index in [-0.39, 0.29) is 11.8 Å². The predicted molar refractivity (Wildman–Crippen MR) is 67.9 cm³/mol. The lowest BCUT2D eigenvalue weighted by Crippen LogP contribution is -2.38. The lowest BCUT2D eigenvalue weighted by Gasteiger charge is -2.14. The first kappa shape index (κ1) is 11.7. The van der Waals surface area contributed by atoms with Gasteiger partial charge in [-0.1, -0.05) is 0 Å². The van der Waals surface area contributed by atoms with Crippen LogP contribution >= 0.6 is 0 Å². The summed E-state index contributed by atoms with van der Waals surface area (Å²) in [6, 6.07) is 2.42. The van der Waals surface area contributed by atoms with Gasteiger partial charge in [-0.25, -0.2) is 0 Å². The topological polar surface area (TPSA) is 59.0 Å². The lowest BCUT2D eigenvalue weighted by atomic mass is 9.97. The van der Waals surface area contributed by atoms with Gasteiger partial charge >= 0.3 is 0 Å². The van der Waals surface area contributed by atoms with Gasteiger partial charge < -0.3 is 10.6 Å². The summed E-state index contributed by atoms with van der Waals surface area (Å²) in [5.41, 5.74) is 1.16. The Bertz CT molecular complexity index is 422. The van der Waals surface area contributed by atoms with Crippen LogP contribution in [0.2, 0.25) is 0 Å². The maximum Gasteiger partial charge on any atom is 0.225 e. The average molecular weight is 248 g/mol. The van der Waals surface area contributed by atoms with E-state index in [4.69, 9.17) is 0 Å². The zero-order valence-corrected chi connectivity index (χ0v) is 10.7. The Hall–Kier alpha value is -1.36. The fraction of sp³-hybridized carbons (Fsp3) is 0.692. The van der Waals surface area contributed by atoms with Gasteiger partial charge in [-0.3, -0.25) is 9.48 Å². The molecule has 5 heteroatoms. The molecule has 0 radical (unpaired) electrons. The van der Waals surface area contributed by atoms with E-state index in [1.54, 1.807) is 6.20 Å². The first-order valence-electron chi connectivity index (χ1n) is 6.73. The Labute approximate surface area is 107 Å². The van der Waals surface area contributed by atoms with Gasteiger partial charge in [0, 0.05) is 37.9 Å². The molecule has 5 nitrogen and oxygen atoms in total. The third-order valence-corrected chi connectivity index (χ3v) is 4.34. The van der Waals surface area contributed by atoms with Gasteiger partial charge in [0.25, 0.3) is 0 Å². The largest absolute Gasteiger partial charge is 0.355 e. The molecule has 2 bridgehead atoms. The Morgan fingerprint density at radius 1 is 1.61 bits per heavy atom. The highest BCUT2D eigenvalue weighted by Gasteiger charge is 2.45. The number of rotatable bonds is 4. The van der Waals surface area contributed by atoms with Crippen molar-refractivity contribution in [2.45, 2.75) is 25.3 Å². The molecule has 1 aliphatic carbocycles. The van der Waals surface area contributed by atoms with Crippen LogP contribution in [-0.4, -0.2) is 34.8 Å². The highest BCUT2D eigenvalue weighted by Crippen LogP contribution is 2.36. The van der Waals surface area contributed by atoms with Crippen molar-refractivity contribution in [1.29, 1.82) is 0 Å². The van der Waals surface area contributed by atoms with E-state index >= 15 is 0 Å². The summed E-state index contributed by atoms with van der Waals surface area (Å²) in [5, 5.41) is 10.6. The molecular formula is C13H20N4O. The molecule has 98 valence electrons. The molecule has 1 aromatic heterocycles. The number of hydrogen-bond acceptors (Lipinski definition) is 3. The number of nitrogens with one attached hydrogen (secondary N) is 2. The fourth-order valence-electron chi connectivity index (χ4n) is 3.32. The van der Waals surface area contributed by atoms with Crippen LogP contribution in [0.25, 0.3) is 0 Å². The Balaban J connectivity index is 1.49. The van der Waals surface area contributed by atoms with Crippen molar-refractivity contribution in [2.24, 2.45) is 18.9 Å². The minimum atomic E-state index is 0.205. The molecule has 1 amide bonds. The molecule has 0 unspecified atom stereocenters. The van der Waals surface area contributed by atoms with E-state index in [1.807, 2.05) is 17.8 Å². The number of carbonyl (C=O) groups is 1. The summed E-state index contributed by atoms with van der Waals surface area (Å²) >= 11 is 0. The average Bonchev–Trinajstić information content (AvgIpc) is 3.05. The number of nitrogens with zero attached hydrogens (tertiary/aromatic N) is 2. The van der Waals surface area contributed by atoms with E-state index in [2.05, 4.69) is 15.7 Å². The van der Waals surface area contributed by atoms with Crippen molar-refractivity contribution in [3.63, 3.8) is 0 Å². The first-order valence-corrected chi connectivity index (χ1v) is 6.73. The molecule has 2 N–H and O–H groups in total. The normalized spacial score (nSPS) is 29.7. The summed E-state index contributed by atoms with van der Waals surface area (Å²) in [6.45, 7) is 1.72. The molecule has 3 atom stereocenters. The van der Waals surface area contributed by atoms with E-state index in [0.29, 0.717) is 18.5 Å². The van der Waals surface area contributed by atoms with Gasteiger partial charge in [0.15, 0.2) is 0 Å². The fourth-order valence-corrected chi connectivity index (χ4v) is 3.32. The van der Waals surface area contributed by atoms with Crippen LogP contribution in [0, 0.1) is 11.8 Å². The number of piperidine rings is 1. The van der Waals surface area contributed by atoms with Gasteiger partial charge in [0.05, 0.1) is 5.92 Å². The highest BCUT2D eigenvalue weighted by atomic mass is 16.2. The molecule has 0 aromatic carbocycles. The van der Waals surface area contributed by atoms with Crippen LogP contribution < -0.4 is 10.6 Å². The smallest absolute Gasteiger partial charge is 0.225 e. The number of amides is 1. The number of aryl methyl sites for hydroxylation is 1. The number of fused-ring (bicyclic) bond motifs is 2. The van der Waals surface area contributed by atoms with Crippen molar-refractivity contribution < 1.29 is 4.79 Å². The molecule has 2 fully saturated rings. The second-order valence-electron chi connectivity index (χ2n) is 5.37. The second-order valence-corrected chi connectivity index (χ2v) is 5.37. The summed E-state index contributed by atoms with van der Waals surface area (Å²) in [7, 11) is 1.93. The Morgan fingerprint density at radius 2 is 2.50 bits per heavy atom. The summed E-state index contributed by atoms with van der Waals surface area (Å²) in [4.78, 5) is 12.1. The molecule has 2 heterocycles. The van der Waals surface area contributed by atoms with Crippen molar-refractivity contribution >= 4 is 5.91 Å². The molecule has 1 saturated heterocycles. The van der Waals surface area contributed by atoms with Crippen molar-refractivity contribution in [3.05, 3.63) is 18.0 Å². The minimum Gasteiger partial charge on any atom is -0.355 e. The van der Waals surface area contributed by atoms with E-state index in [0.717, 1.165) is 25.1 Å². The van der Waals surface area contributed by atoms with E-state index in [1.165, 1.54) is 6.42 Å². The molecule has 1 aromatic rings. The first-order chi connectivity index (χ1) is 8.75. The molecule has 2 aliphatic rings. The zero-order valence-electron chi connectivity index (χ0n) is 10.7. The number of carbonyl (C=O) groups excluding carboxylic acids is 1. The van der Waals surface area contributed by atoms with Gasteiger partial charge in [-0.15, -0.1) is 0 Å².